The Morgan fingerprint density at radius 2 is 0.667 bits per heavy atom. The molecule has 0 amide bonds. The van der Waals surface area contributed by atoms with Crippen molar-refractivity contribution in [3.05, 3.63) is 217 Å². The second-order valence-electron chi connectivity index (χ2n) is 13.6. The highest BCUT2D eigenvalue weighted by Crippen LogP contribution is 2.51. The summed E-state index contributed by atoms with van der Waals surface area (Å²) in [5.41, 5.74) is 16.9. The molecule has 0 saturated heterocycles. The number of fused-ring (bicyclic) bond motifs is 5. The molecule has 1 atom stereocenters. The Bertz CT molecular complexity index is 2640. The lowest BCUT2D eigenvalue weighted by Gasteiger charge is -2.19. The average molecular weight is 647 g/mol. The first-order valence-corrected chi connectivity index (χ1v) is 17.8. The molecular formula is C51H34. The minimum absolute atomic E-state index is 0.185. The average Bonchev–Trinajstić information content (AvgIpc) is 3.55. The number of hydrogen-bond donors (Lipinski definition) is 0. The molecule has 0 nitrogen and oxygen atoms in total. The van der Waals surface area contributed by atoms with Gasteiger partial charge in [0, 0.05) is 5.92 Å². The van der Waals surface area contributed by atoms with E-state index in [1.165, 1.54) is 93.9 Å². The second-order valence-corrected chi connectivity index (χ2v) is 13.6. The molecule has 0 aromatic heterocycles. The van der Waals surface area contributed by atoms with Crippen LogP contribution in [0.15, 0.2) is 200 Å². The molecule has 1 unspecified atom stereocenters. The molecule has 0 N–H and O–H groups in total. The predicted molar refractivity (Wildman–Crippen MR) is 216 cm³/mol. The molecular weight excluding hydrogens is 613 g/mol. The molecule has 238 valence electrons. The lowest BCUT2D eigenvalue weighted by atomic mass is 9.84. The van der Waals surface area contributed by atoms with E-state index in [1.807, 2.05) is 0 Å². The summed E-state index contributed by atoms with van der Waals surface area (Å²) in [5, 5.41) is 5.11. The predicted octanol–water partition coefficient (Wildman–Crippen LogP) is 13.8. The van der Waals surface area contributed by atoms with Crippen LogP contribution in [0.1, 0.15) is 22.6 Å². The van der Waals surface area contributed by atoms with Gasteiger partial charge in [0.1, 0.15) is 0 Å². The highest BCUT2D eigenvalue weighted by molar-refractivity contribution is 6.21. The maximum absolute atomic E-state index is 2.34. The van der Waals surface area contributed by atoms with Gasteiger partial charge in [-0.05, 0) is 93.9 Å². The van der Waals surface area contributed by atoms with E-state index < -0.39 is 0 Å². The molecule has 0 heteroatoms. The maximum atomic E-state index is 2.34. The Hall–Kier alpha value is -6.50. The van der Waals surface area contributed by atoms with Gasteiger partial charge in [-0.15, -0.1) is 0 Å². The minimum Gasteiger partial charge on any atom is -0.0622 e. The summed E-state index contributed by atoms with van der Waals surface area (Å²) < 4.78 is 0. The Morgan fingerprint density at radius 1 is 0.255 bits per heavy atom. The number of rotatable bonds is 5. The first kappa shape index (κ1) is 29.4. The van der Waals surface area contributed by atoms with Gasteiger partial charge in [-0.3, -0.25) is 0 Å². The van der Waals surface area contributed by atoms with E-state index in [2.05, 4.69) is 200 Å². The van der Waals surface area contributed by atoms with Crippen molar-refractivity contribution in [3.8, 4) is 55.6 Å². The van der Waals surface area contributed by atoms with Crippen molar-refractivity contribution in [1.29, 1.82) is 0 Å². The third kappa shape index (κ3) is 4.83. The quantitative estimate of drug-likeness (QED) is 0.163. The van der Waals surface area contributed by atoms with Crippen LogP contribution in [-0.4, -0.2) is 0 Å². The van der Waals surface area contributed by atoms with Gasteiger partial charge in [0.15, 0.2) is 0 Å². The lowest BCUT2D eigenvalue weighted by molar-refractivity contribution is 1.02. The first-order valence-electron chi connectivity index (χ1n) is 17.8. The van der Waals surface area contributed by atoms with Gasteiger partial charge in [-0.1, -0.05) is 200 Å². The zero-order valence-electron chi connectivity index (χ0n) is 28.1. The maximum Gasteiger partial charge on any atom is 0.0358 e. The third-order valence-corrected chi connectivity index (χ3v) is 10.8. The van der Waals surface area contributed by atoms with Crippen molar-refractivity contribution in [2.75, 3.05) is 0 Å². The minimum atomic E-state index is 0.185. The standard InChI is InChI=1S/C51H34/c1-3-14-36(15-4-1)40-24-13-25-43-41-18-7-8-19-42(41)50(51(40)43)39-32-28-35(29-33-39)34-26-30-38(31-27-34)49-46-22-11-9-20-44(46)48(37-16-5-2-6-17-37)45-21-10-12-23-47(45)49/h1-33,50H. The molecule has 1 aliphatic rings. The summed E-state index contributed by atoms with van der Waals surface area (Å²) in [6.45, 7) is 0. The zero-order valence-corrected chi connectivity index (χ0v) is 28.1. The molecule has 0 bridgehead atoms. The van der Waals surface area contributed by atoms with Crippen LogP contribution in [0, 0.1) is 0 Å². The van der Waals surface area contributed by atoms with Crippen molar-refractivity contribution >= 4 is 21.5 Å². The van der Waals surface area contributed by atoms with E-state index in [-0.39, 0.29) is 5.92 Å². The summed E-state index contributed by atoms with van der Waals surface area (Å²) in [5.74, 6) is 0.185. The molecule has 0 spiro atoms. The van der Waals surface area contributed by atoms with Gasteiger partial charge in [0.25, 0.3) is 0 Å². The fourth-order valence-corrected chi connectivity index (χ4v) is 8.53. The van der Waals surface area contributed by atoms with Crippen LogP contribution in [0.4, 0.5) is 0 Å². The van der Waals surface area contributed by atoms with Gasteiger partial charge in [-0.2, -0.15) is 0 Å². The Morgan fingerprint density at radius 3 is 1.25 bits per heavy atom. The molecule has 51 heavy (non-hydrogen) atoms. The molecule has 9 aromatic carbocycles. The van der Waals surface area contributed by atoms with Crippen LogP contribution in [0.2, 0.25) is 0 Å². The first-order chi connectivity index (χ1) is 25.3. The van der Waals surface area contributed by atoms with Crippen molar-refractivity contribution in [1.82, 2.24) is 0 Å². The van der Waals surface area contributed by atoms with Crippen molar-refractivity contribution < 1.29 is 0 Å². The van der Waals surface area contributed by atoms with E-state index in [0.29, 0.717) is 0 Å². The smallest absolute Gasteiger partial charge is 0.0358 e. The van der Waals surface area contributed by atoms with E-state index in [4.69, 9.17) is 0 Å². The van der Waals surface area contributed by atoms with Gasteiger partial charge >= 0.3 is 0 Å². The van der Waals surface area contributed by atoms with E-state index in [0.717, 1.165) is 0 Å². The molecule has 0 radical (unpaired) electrons. The van der Waals surface area contributed by atoms with Gasteiger partial charge in [0.05, 0.1) is 0 Å². The van der Waals surface area contributed by atoms with Crippen LogP contribution < -0.4 is 0 Å². The normalized spacial score (nSPS) is 13.3. The van der Waals surface area contributed by atoms with Crippen molar-refractivity contribution in [2.45, 2.75) is 5.92 Å². The third-order valence-electron chi connectivity index (χ3n) is 10.8. The zero-order chi connectivity index (χ0) is 33.7. The number of benzene rings is 9. The highest BCUT2D eigenvalue weighted by atomic mass is 14.3. The Balaban J connectivity index is 1.04. The van der Waals surface area contributed by atoms with Crippen LogP contribution in [0.3, 0.4) is 0 Å². The van der Waals surface area contributed by atoms with Gasteiger partial charge in [-0.25, -0.2) is 0 Å². The monoisotopic (exact) mass is 646 g/mol. The van der Waals surface area contributed by atoms with Crippen LogP contribution >= 0.6 is 0 Å². The topological polar surface area (TPSA) is 0 Å². The summed E-state index contributed by atoms with van der Waals surface area (Å²) in [6.07, 6.45) is 0. The number of hydrogen-bond acceptors (Lipinski definition) is 0. The fourth-order valence-electron chi connectivity index (χ4n) is 8.53. The largest absolute Gasteiger partial charge is 0.0622 e. The Kier molecular flexibility index (Phi) is 6.99. The molecule has 0 aliphatic heterocycles. The molecule has 0 saturated carbocycles. The summed E-state index contributed by atoms with van der Waals surface area (Å²) in [7, 11) is 0. The summed E-state index contributed by atoms with van der Waals surface area (Å²) in [6, 6.07) is 73.5. The molecule has 0 heterocycles. The molecule has 9 aromatic rings. The van der Waals surface area contributed by atoms with Crippen molar-refractivity contribution in [3.63, 3.8) is 0 Å². The van der Waals surface area contributed by atoms with Crippen LogP contribution in [-0.2, 0) is 0 Å². The molecule has 10 rings (SSSR count). The van der Waals surface area contributed by atoms with E-state index in [1.54, 1.807) is 0 Å². The fraction of sp³-hybridized carbons (Fsp3) is 0.0196. The van der Waals surface area contributed by atoms with Gasteiger partial charge in [0.2, 0.25) is 0 Å². The Labute approximate surface area is 298 Å². The highest BCUT2D eigenvalue weighted by Gasteiger charge is 2.32. The van der Waals surface area contributed by atoms with Crippen LogP contribution in [0.25, 0.3) is 77.2 Å². The molecule has 0 fully saturated rings. The van der Waals surface area contributed by atoms with Gasteiger partial charge < -0.3 is 0 Å². The van der Waals surface area contributed by atoms with E-state index in [9.17, 15) is 0 Å². The summed E-state index contributed by atoms with van der Waals surface area (Å²) >= 11 is 0. The second kappa shape index (κ2) is 12.1. The molecule has 1 aliphatic carbocycles. The van der Waals surface area contributed by atoms with E-state index >= 15 is 0 Å². The summed E-state index contributed by atoms with van der Waals surface area (Å²) in [4.78, 5) is 0. The van der Waals surface area contributed by atoms with Crippen molar-refractivity contribution in [2.24, 2.45) is 0 Å². The lowest BCUT2D eigenvalue weighted by Crippen LogP contribution is -2.01. The SMILES string of the molecule is c1ccc(-c2cccc3c2C(c2ccc(-c4ccc(-c5c6ccccc6c(-c6ccccc6)c6ccccc56)cc4)cc2)c2ccccc2-3)cc1. The van der Waals surface area contributed by atoms with Crippen LogP contribution in [0.5, 0.6) is 0 Å².